The highest BCUT2D eigenvalue weighted by molar-refractivity contribution is 5.97. The van der Waals surface area contributed by atoms with Gasteiger partial charge in [-0.3, -0.25) is 4.79 Å². The smallest absolute Gasteiger partial charge is 0.328 e. The Bertz CT molecular complexity index is 486. The van der Waals surface area contributed by atoms with Gasteiger partial charge >= 0.3 is 5.97 Å². The lowest BCUT2D eigenvalue weighted by atomic mass is 10.0. The number of phenols is 1. The van der Waals surface area contributed by atoms with Crippen LogP contribution in [0.1, 0.15) is 24.2 Å². The predicted octanol–water partition coefficient (Wildman–Crippen LogP) is 0.902. The van der Waals surface area contributed by atoms with E-state index >= 15 is 0 Å². The molecule has 0 radical (unpaired) electrons. The molecule has 0 saturated heterocycles. The van der Waals surface area contributed by atoms with Crippen LogP contribution in [-0.4, -0.2) is 30.1 Å². The summed E-state index contributed by atoms with van der Waals surface area (Å²) in [5, 5.41) is 12.0. The largest absolute Gasteiger partial charge is 0.506 e. The van der Waals surface area contributed by atoms with E-state index in [4.69, 9.17) is 5.73 Å². The first-order valence-electron chi connectivity index (χ1n) is 5.84. The fourth-order valence-electron chi connectivity index (χ4n) is 1.53. The number of amides is 1. The van der Waals surface area contributed by atoms with Crippen LogP contribution < -0.4 is 11.1 Å². The van der Waals surface area contributed by atoms with Gasteiger partial charge in [0, 0.05) is 5.56 Å². The van der Waals surface area contributed by atoms with E-state index in [-0.39, 0.29) is 22.9 Å². The number of hydrogen-bond acceptors (Lipinski definition) is 5. The lowest BCUT2D eigenvalue weighted by Crippen LogP contribution is -2.45. The molecule has 1 rings (SSSR count). The number of nitrogen functional groups attached to an aromatic ring is 1. The first kappa shape index (κ1) is 14.8. The lowest BCUT2D eigenvalue weighted by molar-refractivity contribution is -0.144. The molecule has 4 N–H and O–H groups in total. The summed E-state index contributed by atoms with van der Waals surface area (Å²) in [5.41, 5.74) is 5.86. The molecule has 0 spiro atoms. The molecule has 104 valence electrons. The van der Waals surface area contributed by atoms with Crippen LogP contribution in [0.4, 0.5) is 5.69 Å². The number of ether oxygens (including phenoxy) is 1. The summed E-state index contributed by atoms with van der Waals surface area (Å²) in [6.45, 7) is 3.59. The molecule has 0 bridgehead atoms. The number of esters is 1. The Hall–Kier alpha value is -2.24. The van der Waals surface area contributed by atoms with Crippen LogP contribution in [0.15, 0.2) is 18.2 Å². The van der Waals surface area contributed by atoms with Gasteiger partial charge in [-0.15, -0.1) is 0 Å². The van der Waals surface area contributed by atoms with Crippen LogP contribution in [0.2, 0.25) is 0 Å². The van der Waals surface area contributed by atoms with Crippen molar-refractivity contribution in [2.24, 2.45) is 5.92 Å². The van der Waals surface area contributed by atoms with Crippen molar-refractivity contribution in [3.63, 3.8) is 0 Å². The third-order valence-electron chi connectivity index (χ3n) is 2.70. The minimum atomic E-state index is -0.739. The quantitative estimate of drug-likeness (QED) is 0.427. The molecule has 1 atom stereocenters. The Morgan fingerprint density at radius 3 is 2.47 bits per heavy atom. The zero-order valence-corrected chi connectivity index (χ0v) is 11.1. The summed E-state index contributed by atoms with van der Waals surface area (Å²) in [6, 6.07) is 3.41. The zero-order valence-electron chi connectivity index (χ0n) is 11.1. The minimum absolute atomic E-state index is 0.112. The van der Waals surface area contributed by atoms with Crippen LogP contribution in [0.3, 0.4) is 0 Å². The number of methoxy groups -OCH3 is 1. The van der Waals surface area contributed by atoms with E-state index in [0.29, 0.717) is 0 Å². The maximum atomic E-state index is 12.0. The molecule has 6 heteroatoms. The molecule has 6 nitrogen and oxygen atoms in total. The van der Waals surface area contributed by atoms with Crippen molar-refractivity contribution < 1.29 is 19.4 Å². The molecular formula is C13H18N2O4. The van der Waals surface area contributed by atoms with Crippen molar-refractivity contribution in [3.8, 4) is 5.75 Å². The number of hydrogen-bond donors (Lipinski definition) is 3. The highest BCUT2D eigenvalue weighted by Crippen LogP contribution is 2.20. The van der Waals surface area contributed by atoms with Gasteiger partial charge in [-0.2, -0.15) is 0 Å². The molecule has 1 aromatic rings. The fraction of sp³-hybridized carbons (Fsp3) is 0.385. The van der Waals surface area contributed by atoms with E-state index in [1.807, 2.05) is 0 Å². The van der Waals surface area contributed by atoms with E-state index in [2.05, 4.69) is 10.1 Å². The minimum Gasteiger partial charge on any atom is -0.506 e. The van der Waals surface area contributed by atoms with Gasteiger partial charge in [-0.05, 0) is 24.1 Å². The van der Waals surface area contributed by atoms with E-state index in [0.717, 1.165) is 0 Å². The maximum Gasteiger partial charge on any atom is 0.328 e. The molecule has 0 aromatic heterocycles. The molecule has 0 aliphatic carbocycles. The summed E-state index contributed by atoms with van der Waals surface area (Å²) < 4.78 is 4.63. The topological polar surface area (TPSA) is 102 Å². The van der Waals surface area contributed by atoms with Gasteiger partial charge in [0.1, 0.15) is 11.8 Å². The lowest BCUT2D eigenvalue weighted by Gasteiger charge is -2.19. The number of carbonyl (C=O) groups is 2. The zero-order chi connectivity index (χ0) is 14.6. The van der Waals surface area contributed by atoms with Crippen molar-refractivity contribution >= 4 is 17.6 Å². The van der Waals surface area contributed by atoms with Crippen LogP contribution in [0.25, 0.3) is 0 Å². The van der Waals surface area contributed by atoms with Crippen molar-refractivity contribution in [2.45, 2.75) is 19.9 Å². The molecule has 1 aromatic carbocycles. The Morgan fingerprint density at radius 1 is 1.37 bits per heavy atom. The van der Waals surface area contributed by atoms with Gasteiger partial charge in [0.05, 0.1) is 12.8 Å². The van der Waals surface area contributed by atoms with E-state index < -0.39 is 17.9 Å². The first-order valence-corrected chi connectivity index (χ1v) is 5.84. The Kier molecular flexibility index (Phi) is 4.74. The fourth-order valence-corrected chi connectivity index (χ4v) is 1.53. The van der Waals surface area contributed by atoms with Gasteiger partial charge < -0.3 is 20.9 Å². The Balaban J connectivity index is 2.87. The maximum absolute atomic E-state index is 12.0. The van der Waals surface area contributed by atoms with Crippen molar-refractivity contribution in [3.05, 3.63) is 23.8 Å². The van der Waals surface area contributed by atoms with E-state index in [9.17, 15) is 14.7 Å². The first-order chi connectivity index (χ1) is 8.86. The van der Waals surface area contributed by atoms with Crippen molar-refractivity contribution in [1.29, 1.82) is 0 Å². The van der Waals surface area contributed by atoms with E-state index in [1.165, 1.54) is 25.3 Å². The Morgan fingerprint density at radius 2 is 2.00 bits per heavy atom. The number of carbonyl (C=O) groups excluding carboxylic acids is 2. The average Bonchev–Trinajstić information content (AvgIpc) is 2.37. The molecular weight excluding hydrogens is 248 g/mol. The summed E-state index contributed by atoms with van der Waals surface area (Å²) in [6.07, 6.45) is 0. The second-order valence-corrected chi connectivity index (χ2v) is 4.49. The van der Waals surface area contributed by atoms with Crippen LogP contribution >= 0.6 is 0 Å². The number of nitrogens with two attached hydrogens (primary N) is 1. The third-order valence-corrected chi connectivity index (χ3v) is 2.70. The van der Waals surface area contributed by atoms with Gasteiger partial charge in [-0.1, -0.05) is 13.8 Å². The molecule has 0 fully saturated rings. The van der Waals surface area contributed by atoms with E-state index in [1.54, 1.807) is 13.8 Å². The number of benzene rings is 1. The third kappa shape index (κ3) is 3.61. The number of aromatic hydroxyl groups is 1. The number of phenolic OH excluding ortho intramolecular Hbond substituents is 1. The normalized spacial score (nSPS) is 12.0. The molecule has 1 amide bonds. The number of nitrogens with one attached hydrogen (secondary N) is 1. The molecule has 0 aliphatic rings. The van der Waals surface area contributed by atoms with Crippen molar-refractivity contribution in [2.75, 3.05) is 12.8 Å². The highest BCUT2D eigenvalue weighted by atomic mass is 16.5. The van der Waals surface area contributed by atoms with Crippen LogP contribution in [-0.2, 0) is 9.53 Å². The van der Waals surface area contributed by atoms with Crippen LogP contribution in [0.5, 0.6) is 5.75 Å². The summed E-state index contributed by atoms with van der Waals surface area (Å²) >= 11 is 0. The molecule has 0 heterocycles. The Labute approximate surface area is 111 Å². The molecule has 0 saturated carbocycles. The molecule has 0 aliphatic heterocycles. The number of rotatable bonds is 4. The van der Waals surface area contributed by atoms with Crippen molar-refractivity contribution in [1.82, 2.24) is 5.32 Å². The summed E-state index contributed by atoms with van der Waals surface area (Å²) in [5.74, 6) is -1.27. The van der Waals surface area contributed by atoms with Gasteiger partial charge in [0.25, 0.3) is 5.91 Å². The summed E-state index contributed by atoms with van der Waals surface area (Å²) in [4.78, 5) is 23.5. The molecule has 1 unspecified atom stereocenters. The van der Waals surface area contributed by atoms with Gasteiger partial charge in [0.2, 0.25) is 0 Å². The highest BCUT2D eigenvalue weighted by Gasteiger charge is 2.25. The average molecular weight is 266 g/mol. The van der Waals surface area contributed by atoms with Gasteiger partial charge in [0.15, 0.2) is 0 Å². The summed E-state index contributed by atoms with van der Waals surface area (Å²) in [7, 11) is 1.26. The standard InChI is InChI=1S/C13H18N2O4/c1-7(2)11(13(18)19-3)15-12(17)8-4-5-9(14)10(16)6-8/h4-7,11,16H,14H2,1-3H3,(H,15,17). The second kappa shape index (κ2) is 6.08. The van der Waals surface area contributed by atoms with Crippen LogP contribution in [0, 0.1) is 5.92 Å². The molecule has 19 heavy (non-hydrogen) atoms. The predicted molar refractivity (Wildman–Crippen MR) is 70.6 cm³/mol. The number of anilines is 1. The second-order valence-electron chi connectivity index (χ2n) is 4.49. The monoisotopic (exact) mass is 266 g/mol. The van der Waals surface area contributed by atoms with Gasteiger partial charge in [-0.25, -0.2) is 4.79 Å². The SMILES string of the molecule is COC(=O)C(NC(=O)c1ccc(N)c(O)c1)C(C)C.